The van der Waals surface area contributed by atoms with Gasteiger partial charge in [-0.1, -0.05) is 30.0 Å². The fourth-order valence-corrected chi connectivity index (χ4v) is 6.03. The Morgan fingerprint density at radius 3 is 2.81 bits per heavy atom. The van der Waals surface area contributed by atoms with Crippen molar-refractivity contribution >= 4 is 39.2 Å². The van der Waals surface area contributed by atoms with Gasteiger partial charge in [0.25, 0.3) is 5.56 Å². The number of hydrogen-bond acceptors (Lipinski definition) is 6. The third-order valence-electron chi connectivity index (χ3n) is 5.83. The molecule has 164 valence electrons. The number of aromatic nitrogens is 2. The van der Waals surface area contributed by atoms with Crippen LogP contribution in [0.4, 0.5) is 0 Å². The highest BCUT2D eigenvalue weighted by Crippen LogP contribution is 2.33. The van der Waals surface area contributed by atoms with Gasteiger partial charge in [0, 0.05) is 23.5 Å². The van der Waals surface area contributed by atoms with Crippen molar-refractivity contribution in [1.82, 2.24) is 14.5 Å². The van der Waals surface area contributed by atoms with Crippen LogP contribution in [0.15, 0.2) is 68.5 Å². The Balaban J connectivity index is 1.56. The lowest BCUT2D eigenvalue weighted by molar-refractivity contribution is -0.131. The summed E-state index contributed by atoms with van der Waals surface area (Å²) in [5, 5.41) is 2.97. The molecule has 1 aliphatic rings. The smallest absolute Gasteiger partial charge is 0.268 e. The van der Waals surface area contributed by atoms with Crippen LogP contribution >= 0.6 is 23.1 Å². The van der Waals surface area contributed by atoms with Crippen molar-refractivity contribution in [3.05, 3.63) is 64.5 Å². The van der Waals surface area contributed by atoms with E-state index in [-0.39, 0.29) is 23.3 Å². The van der Waals surface area contributed by atoms with E-state index in [1.54, 1.807) is 16.9 Å². The van der Waals surface area contributed by atoms with E-state index in [2.05, 4.69) is 6.92 Å². The van der Waals surface area contributed by atoms with Crippen molar-refractivity contribution < 1.29 is 9.21 Å². The molecule has 0 bridgehead atoms. The lowest BCUT2D eigenvalue weighted by Crippen LogP contribution is -2.43. The molecule has 0 spiro atoms. The third kappa shape index (κ3) is 3.89. The van der Waals surface area contributed by atoms with Gasteiger partial charge in [0.05, 0.1) is 23.1 Å². The number of likely N-dealkylation sites (tertiary alicyclic amines) is 1. The molecule has 0 radical (unpaired) electrons. The first kappa shape index (κ1) is 21.0. The molecule has 32 heavy (non-hydrogen) atoms. The number of piperidine rings is 1. The van der Waals surface area contributed by atoms with Gasteiger partial charge in [-0.05, 0) is 50.5 Å². The average molecular weight is 466 g/mol. The molecule has 1 amide bonds. The van der Waals surface area contributed by atoms with Crippen molar-refractivity contribution in [1.29, 1.82) is 0 Å². The Hall–Kier alpha value is -2.84. The second-order valence-electron chi connectivity index (χ2n) is 7.90. The molecule has 1 saturated heterocycles. The van der Waals surface area contributed by atoms with E-state index in [4.69, 9.17) is 9.40 Å². The number of nitrogens with zero attached hydrogens (tertiary/aromatic N) is 3. The van der Waals surface area contributed by atoms with Gasteiger partial charge >= 0.3 is 0 Å². The first-order valence-electron chi connectivity index (χ1n) is 10.7. The molecule has 5 rings (SSSR count). The van der Waals surface area contributed by atoms with Gasteiger partial charge in [0.15, 0.2) is 5.16 Å². The average Bonchev–Trinajstić information content (AvgIpc) is 3.48. The molecular weight excluding hydrogens is 442 g/mol. The predicted molar refractivity (Wildman–Crippen MR) is 129 cm³/mol. The van der Waals surface area contributed by atoms with Crippen molar-refractivity contribution in [3.8, 4) is 17.0 Å². The zero-order valence-electron chi connectivity index (χ0n) is 17.7. The van der Waals surface area contributed by atoms with E-state index in [1.165, 1.54) is 29.5 Å². The highest BCUT2D eigenvalue weighted by Gasteiger charge is 2.25. The molecule has 1 fully saturated rings. The maximum absolute atomic E-state index is 13.7. The number of thioether (sulfide) groups is 1. The fourth-order valence-electron chi connectivity index (χ4n) is 4.16. The van der Waals surface area contributed by atoms with E-state index in [1.807, 2.05) is 46.7 Å². The van der Waals surface area contributed by atoms with E-state index in [9.17, 15) is 9.59 Å². The molecule has 1 aromatic carbocycles. The lowest BCUT2D eigenvalue weighted by atomic mass is 10.0. The van der Waals surface area contributed by atoms with Crippen LogP contribution in [0.2, 0.25) is 0 Å². The number of benzene rings is 1. The van der Waals surface area contributed by atoms with Crippen LogP contribution in [0.5, 0.6) is 0 Å². The summed E-state index contributed by atoms with van der Waals surface area (Å²) in [6, 6.07) is 13.4. The summed E-state index contributed by atoms with van der Waals surface area (Å²) in [4.78, 5) is 34.0. The Morgan fingerprint density at radius 1 is 1.22 bits per heavy atom. The first-order valence-corrected chi connectivity index (χ1v) is 12.6. The van der Waals surface area contributed by atoms with E-state index < -0.39 is 0 Å². The van der Waals surface area contributed by atoms with Gasteiger partial charge in [0.2, 0.25) is 5.91 Å². The monoisotopic (exact) mass is 465 g/mol. The summed E-state index contributed by atoms with van der Waals surface area (Å²) in [5.41, 5.74) is 1.31. The van der Waals surface area contributed by atoms with Crippen LogP contribution in [0.25, 0.3) is 27.2 Å². The summed E-state index contributed by atoms with van der Waals surface area (Å²) in [6.07, 6.45) is 4.85. The number of carbonyl (C=O) groups is 1. The van der Waals surface area contributed by atoms with E-state index in [0.717, 1.165) is 30.6 Å². The highest BCUT2D eigenvalue weighted by molar-refractivity contribution is 7.99. The maximum Gasteiger partial charge on any atom is 0.268 e. The SMILES string of the molecule is C[C@H]1CCCCN1C(=O)CSc1nc2scc(-c3ccco3)c2c(=O)n1-c1ccccc1. The van der Waals surface area contributed by atoms with Crippen LogP contribution < -0.4 is 5.56 Å². The van der Waals surface area contributed by atoms with Gasteiger partial charge in [-0.15, -0.1) is 11.3 Å². The van der Waals surface area contributed by atoms with Crippen molar-refractivity contribution in [2.24, 2.45) is 0 Å². The van der Waals surface area contributed by atoms with Gasteiger partial charge < -0.3 is 9.32 Å². The fraction of sp³-hybridized carbons (Fsp3) is 0.292. The molecular formula is C24H23N3O3S2. The molecule has 3 aromatic heterocycles. The minimum Gasteiger partial charge on any atom is -0.464 e. The number of hydrogen-bond donors (Lipinski definition) is 0. The number of furan rings is 1. The minimum absolute atomic E-state index is 0.0959. The Kier molecular flexibility index (Phi) is 5.89. The topological polar surface area (TPSA) is 68.3 Å². The van der Waals surface area contributed by atoms with Crippen molar-refractivity contribution in [2.75, 3.05) is 12.3 Å². The molecule has 1 aliphatic heterocycles. The number of rotatable bonds is 5. The number of carbonyl (C=O) groups excluding carboxylic acids is 1. The predicted octanol–water partition coefficient (Wildman–Crippen LogP) is 5.20. The van der Waals surface area contributed by atoms with Gasteiger partial charge in [-0.25, -0.2) is 4.98 Å². The molecule has 0 N–H and O–H groups in total. The number of fused-ring (bicyclic) bond motifs is 1. The lowest BCUT2D eigenvalue weighted by Gasteiger charge is -2.33. The second kappa shape index (κ2) is 8.96. The molecule has 4 heterocycles. The first-order chi connectivity index (χ1) is 15.6. The summed E-state index contributed by atoms with van der Waals surface area (Å²) in [6.45, 7) is 2.91. The quantitative estimate of drug-likeness (QED) is 0.299. The van der Waals surface area contributed by atoms with Crippen molar-refractivity contribution in [2.45, 2.75) is 37.4 Å². The molecule has 1 atom stereocenters. The molecule has 0 aliphatic carbocycles. The molecule has 0 unspecified atom stereocenters. The zero-order valence-corrected chi connectivity index (χ0v) is 19.3. The second-order valence-corrected chi connectivity index (χ2v) is 9.70. The number of para-hydroxylation sites is 1. The summed E-state index contributed by atoms with van der Waals surface area (Å²) in [7, 11) is 0. The number of thiophene rings is 1. The largest absolute Gasteiger partial charge is 0.464 e. The van der Waals surface area contributed by atoms with Crippen LogP contribution in [-0.4, -0.2) is 38.7 Å². The summed E-state index contributed by atoms with van der Waals surface area (Å²) in [5.74, 6) is 0.994. The van der Waals surface area contributed by atoms with Crippen LogP contribution in [0, 0.1) is 0 Å². The van der Waals surface area contributed by atoms with Crippen LogP contribution in [0.3, 0.4) is 0 Å². The van der Waals surface area contributed by atoms with Gasteiger partial charge in [-0.3, -0.25) is 14.2 Å². The van der Waals surface area contributed by atoms with Gasteiger partial charge in [-0.2, -0.15) is 0 Å². The Bertz CT molecular complexity index is 1300. The minimum atomic E-state index is -0.157. The zero-order chi connectivity index (χ0) is 22.1. The molecule has 8 heteroatoms. The van der Waals surface area contributed by atoms with E-state index in [0.29, 0.717) is 21.1 Å². The molecule has 4 aromatic rings. The standard InChI is InChI=1S/C24H23N3O3S2/c1-16-8-5-6-12-26(16)20(28)15-32-24-25-22-21(18(14-31-22)19-11-7-13-30-19)23(29)27(24)17-9-3-2-4-10-17/h2-4,7,9-11,13-14,16H,5-6,8,12,15H2,1H3/t16-/m0/s1. The number of amides is 1. The summed E-state index contributed by atoms with van der Waals surface area (Å²) >= 11 is 2.74. The maximum atomic E-state index is 13.7. The normalized spacial score (nSPS) is 16.5. The van der Waals surface area contributed by atoms with Crippen LogP contribution in [-0.2, 0) is 4.79 Å². The Labute approximate surface area is 193 Å². The van der Waals surface area contributed by atoms with E-state index >= 15 is 0 Å². The third-order valence-corrected chi connectivity index (χ3v) is 7.62. The van der Waals surface area contributed by atoms with Crippen molar-refractivity contribution in [3.63, 3.8) is 0 Å². The highest BCUT2D eigenvalue weighted by atomic mass is 32.2. The molecule has 0 saturated carbocycles. The Morgan fingerprint density at radius 2 is 2.06 bits per heavy atom. The molecule has 6 nitrogen and oxygen atoms in total. The summed E-state index contributed by atoms with van der Waals surface area (Å²) < 4.78 is 7.16. The van der Waals surface area contributed by atoms with Crippen LogP contribution in [0.1, 0.15) is 26.2 Å². The van der Waals surface area contributed by atoms with Gasteiger partial charge in [0.1, 0.15) is 10.6 Å².